The van der Waals surface area contributed by atoms with Crippen LogP contribution < -0.4 is 0 Å². The van der Waals surface area contributed by atoms with Gasteiger partial charge in [0.1, 0.15) is 5.92 Å². The van der Waals surface area contributed by atoms with Crippen LogP contribution in [0.4, 0.5) is 0 Å². The van der Waals surface area contributed by atoms with Crippen molar-refractivity contribution in [1.82, 2.24) is 10.1 Å². The molecule has 0 aromatic carbocycles. The molecule has 116 valence electrons. The highest BCUT2D eigenvalue weighted by atomic mass is 16.5. The van der Waals surface area contributed by atoms with Gasteiger partial charge in [0.15, 0.2) is 11.6 Å². The summed E-state index contributed by atoms with van der Waals surface area (Å²) in [4.78, 5) is 28.5. The fourth-order valence-corrected chi connectivity index (χ4v) is 2.02. The highest BCUT2D eigenvalue weighted by Gasteiger charge is 2.40. The van der Waals surface area contributed by atoms with E-state index in [0.29, 0.717) is 11.7 Å². The number of ether oxygens (including phenoxy) is 1. The number of Topliss-reactive ketones (excluding diaryl/α,β-unsaturated/α-hetero) is 1. The number of hydrogen-bond acceptors (Lipinski definition) is 6. The van der Waals surface area contributed by atoms with Crippen LogP contribution in [0.2, 0.25) is 0 Å². The number of esters is 1. The van der Waals surface area contributed by atoms with E-state index in [9.17, 15) is 9.59 Å². The molecule has 1 aromatic heterocycles. The van der Waals surface area contributed by atoms with E-state index < -0.39 is 11.9 Å². The molecule has 0 radical (unpaired) electrons. The second kappa shape index (κ2) is 5.95. The van der Waals surface area contributed by atoms with Crippen molar-refractivity contribution >= 4 is 11.8 Å². The van der Waals surface area contributed by atoms with Crippen molar-refractivity contribution in [3.05, 3.63) is 11.7 Å². The van der Waals surface area contributed by atoms with Crippen molar-refractivity contribution in [1.29, 1.82) is 0 Å². The summed E-state index contributed by atoms with van der Waals surface area (Å²) in [5.41, 5.74) is -0.259. The quantitative estimate of drug-likeness (QED) is 0.590. The molecule has 1 atom stereocenters. The normalized spacial score (nSPS) is 16.6. The van der Waals surface area contributed by atoms with Crippen molar-refractivity contribution < 1.29 is 18.8 Å². The van der Waals surface area contributed by atoms with Gasteiger partial charge in [-0.3, -0.25) is 9.59 Å². The van der Waals surface area contributed by atoms with E-state index in [1.54, 1.807) is 6.92 Å². The number of carbonyl (C=O) groups is 2. The second-order valence-electron chi connectivity index (χ2n) is 6.45. The second-order valence-corrected chi connectivity index (χ2v) is 6.45. The Kier molecular flexibility index (Phi) is 4.44. The van der Waals surface area contributed by atoms with E-state index in [1.165, 1.54) is 0 Å². The molecule has 2 rings (SSSR count). The van der Waals surface area contributed by atoms with Crippen molar-refractivity contribution in [2.24, 2.45) is 11.8 Å². The lowest BCUT2D eigenvalue weighted by molar-refractivity contribution is -0.152. The van der Waals surface area contributed by atoms with E-state index in [1.807, 2.05) is 20.8 Å². The van der Waals surface area contributed by atoms with Gasteiger partial charge in [-0.25, -0.2) is 0 Å². The number of aromatic nitrogens is 2. The summed E-state index contributed by atoms with van der Waals surface area (Å²) in [5, 5.41) is 3.88. The van der Waals surface area contributed by atoms with Crippen LogP contribution in [-0.4, -0.2) is 28.5 Å². The molecule has 0 spiro atoms. The van der Waals surface area contributed by atoms with E-state index in [-0.39, 0.29) is 30.1 Å². The Morgan fingerprint density at radius 3 is 2.52 bits per heavy atom. The lowest BCUT2D eigenvalue weighted by Crippen LogP contribution is -2.29. The van der Waals surface area contributed by atoms with Crippen LogP contribution in [0.15, 0.2) is 4.52 Å². The van der Waals surface area contributed by atoms with Crippen LogP contribution in [-0.2, 0) is 26.2 Å². The van der Waals surface area contributed by atoms with E-state index >= 15 is 0 Å². The van der Waals surface area contributed by atoms with Gasteiger partial charge < -0.3 is 9.26 Å². The van der Waals surface area contributed by atoms with Gasteiger partial charge >= 0.3 is 5.97 Å². The SMILES string of the molecule is CCOC(=O)C(Cc1noc(C(C)(C)C)n1)C(=O)C1CC1. The minimum Gasteiger partial charge on any atom is -0.465 e. The molecular formula is C15H22N2O4. The Hall–Kier alpha value is -1.72. The van der Waals surface area contributed by atoms with Gasteiger partial charge in [-0.15, -0.1) is 0 Å². The van der Waals surface area contributed by atoms with Gasteiger partial charge in [0.05, 0.1) is 6.61 Å². The molecule has 0 saturated heterocycles. The molecule has 6 heteroatoms. The Balaban J connectivity index is 2.12. The molecule has 1 aromatic rings. The molecule has 1 aliphatic rings. The number of hydrogen-bond donors (Lipinski definition) is 0. The number of carbonyl (C=O) groups excluding carboxylic acids is 2. The molecule has 1 aliphatic carbocycles. The number of ketones is 1. The predicted octanol–water partition coefficient (Wildman–Crippen LogP) is 2.07. The smallest absolute Gasteiger partial charge is 0.316 e. The minimum absolute atomic E-state index is 0.00612. The fraction of sp³-hybridized carbons (Fsp3) is 0.733. The van der Waals surface area contributed by atoms with Crippen LogP contribution in [0.1, 0.15) is 52.3 Å². The van der Waals surface area contributed by atoms with Gasteiger partial charge in [-0.05, 0) is 19.8 Å². The maximum absolute atomic E-state index is 12.2. The average molecular weight is 294 g/mol. The third-order valence-corrected chi connectivity index (χ3v) is 3.39. The molecule has 0 aliphatic heterocycles. The molecular weight excluding hydrogens is 272 g/mol. The van der Waals surface area contributed by atoms with Gasteiger partial charge in [0.2, 0.25) is 5.89 Å². The maximum Gasteiger partial charge on any atom is 0.316 e. The molecule has 1 heterocycles. The minimum atomic E-state index is -0.817. The van der Waals surface area contributed by atoms with Gasteiger partial charge in [0.25, 0.3) is 0 Å². The van der Waals surface area contributed by atoms with E-state index in [0.717, 1.165) is 12.8 Å². The summed E-state index contributed by atoms with van der Waals surface area (Å²) in [7, 11) is 0. The van der Waals surface area contributed by atoms with Crippen molar-refractivity contribution in [3.63, 3.8) is 0 Å². The summed E-state index contributed by atoms with van der Waals surface area (Å²) < 4.78 is 10.2. The zero-order valence-electron chi connectivity index (χ0n) is 13.0. The monoisotopic (exact) mass is 294 g/mol. The van der Waals surface area contributed by atoms with Crippen molar-refractivity contribution in [3.8, 4) is 0 Å². The van der Waals surface area contributed by atoms with Crippen LogP contribution in [0.25, 0.3) is 0 Å². The molecule has 1 fully saturated rings. The molecule has 6 nitrogen and oxygen atoms in total. The van der Waals surface area contributed by atoms with Gasteiger partial charge in [-0.2, -0.15) is 4.98 Å². The summed E-state index contributed by atoms with van der Waals surface area (Å²) in [5.74, 6) is -0.491. The lowest BCUT2D eigenvalue weighted by Gasteiger charge is -2.12. The molecule has 1 unspecified atom stereocenters. The number of rotatable bonds is 6. The highest BCUT2D eigenvalue weighted by Crippen LogP contribution is 2.33. The Morgan fingerprint density at radius 2 is 2.05 bits per heavy atom. The van der Waals surface area contributed by atoms with E-state index in [4.69, 9.17) is 9.26 Å². The van der Waals surface area contributed by atoms with Crippen LogP contribution in [0, 0.1) is 11.8 Å². The molecule has 0 N–H and O–H groups in total. The Bertz CT molecular complexity index is 526. The lowest BCUT2D eigenvalue weighted by atomic mass is 9.95. The van der Waals surface area contributed by atoms with E-state index in [2.05, 4.69) is 10.1 Å². The standard InChI is InChI=1S/C15H22N2O4/c1-5-20-13(19)10(12(18)9-6-7-9)8-11-16-14(21-17-11)15(2,3)4/h9-10H,5-8H2,1-4H3. The Labute approximate surface area is 124 Å². The zero-order chi connectivity index (χ0) is 15.6. The summed E-state index contributed by atoms with van der Waals surface area (Å²) in [6, 6.07) is 0. The zero-order valence-corrected chi connectivity index (χ0v) is 13.0. The third-order valence-electron chi connectivity index (χ3n) is 3.39. The van der Waals surface area contributed by atoms with Crippen LogP contribution >= 0.6 is 0 Å². The van der Waals surface area contributed by atoms with Gasteiger partial charge in [-0.1, -0.05) is 25.9 Å². The summed E-state index contributed by atoms with van der Waals surface area (Å²) >= 11 is 0. The molecule has 1 saturated carbocycles. The number of nitrogens with zero attached hydrogens (tertiary/aromatic N) is 2. The maximum atomic E-state index is 12.2. The molecule has 21 heavy (non-hydrogen) atoms. The Morgan fingerprint density at radius 1 is 1.38 bits per heavy atom. The van der Waals surface area contributed by atoms with Crippen LogP contribution in [0.3, 0.4) is 0 Å². The first-order valence-electron chi connectivity index (χ1n) is 7.36. The molecule has 0 bridgehead atoms. The van der Waals surface area contributed by atoms with Gasteiger partial charge in [0, 0.05) is 17.8 Å². The first-order valence-corrected chi connectivity index (χ1v) is 7.36. The predicted molar refractivity (Wildman–Crippen MR) is 74.6 cm³/mol. The first-order chi connectivity index (χ1) is 9.82. The topological polar surface area (TPSA) is 82.3 Å². The summed E-state index contributed by atoms with van der Waals surface area (Å²) in [6.07, 6.45) is 1.86. The average Bonchev–Trinajstić information content (AvgIpc) is 3.13. The third kappa shape index (κ3) is 3.89. The first kappa shape index (κ1) is 15.7. The largest absolute Gasteiger partial charge is 0.465 e. The molecule has 0 amide bonds. The van der Waals surface area contributed by atoms with Crippen molar-refractivity contribution in [2.75, 3.05) is 6.61 Å². The van der Waals surface area contributed by atoms with Crippen molar-refractivity contribution in [2.45, 2.75) is 52.4 Å². The highest BCUT2D eigenvalue weighted by molar-refractivity contribution is 6.01. The summed E-state index contributed by atoms with van der Waals surface area (Å²) in [6.45, 7) is 7.86. The van der Waals surface area contributed by atoms with Crippen LogP contribution in [0.5, 0.6) is 0 Å². The fourth-order valence-electron chi connectivity index (χ4n) is 2.02.